The fraction of sp³-hybridized carbons (Fsp3) is 0.368. The highest BCUT2D eigenvalue weighted by Crippen LogP contribution is 2.50. The van der Waals surface area contributed by atoms with Crippen molar-refractivity contribution in [2.45, 2.75) is 42.7 Å². The van der Waals surface area contributed by atoms with Gasteiger partial charge in [-0.1, -0.05) is 22.8 Å². The largest absolute Gasteiger partial charge is 0.480 e. The Hall–Kier alpha value is -2.63. The van der Waals surface area contributed by atoms with Gasteiger partial charge >= 0.3 is 5.97 Å². The Morgan fingerprint density at radius 2 is 2.13 bits per heavy atom. The molecule has 31 heavy (non-hydrogen) atoms. The maximum Gasteiger partial charge on any atom is 0.327 e. The first-order valence-corrected chi connectivity index (χ1v) is 10.4. The Kier molecular flexibility index (Phi) is 5.23. The normalized spacial score (nSPS) is 24.0. The minimum Gasteiger partial charge on any atom is -0.480 e. The van der Waals surface area contributed by atoms with E-state index in [0.29, 0.717) is 0 Å². The predicted octanol–water partition coefficient (Wildman–Crippen LogP) is 1.87. The van der Waals surface area contributed by atoms with Crippen LogP contribution in [-0.4, -0.2) is 60.3 Å². The molecule has 2 aromatic rings. The summed E-state index contributed by atoms with van der Waals surface area (Å²) in [5, 5.41) is 24.7. The minimum atomic E-state index is -1.13. The van der Waals surface area contributed by atoms with Crippen LogP contribution in [0.15, 0.2) is 22.7 Å². The number of nitrogens with zero attached hydrogens (tertiary/aromatic N) is 2. The molecule has 0 spiro atoms. The van der Waals surface area contributed by atoms with Crippen molar-refractivity contribution in [3.8, 4) is 11.3 Å². The van der Waals surface area contributed by atoms with Crippen molar-refractivity contribution in [3.05, 3.63) is 40.4 Å². The summed E-state index contributed by atoms with van der Waals surface area (Å²) in [6, 6.07) is 1.90. The van der Waals surface area contributed by atoms with Crippen molar-refractivity contribution in [1.29, 1.82) is 0 Å². The summed E-state index contributed by atoms with van der Waals surface area (Å²) < 4.78 is 18.6. The Bertz CT molecular complexity index is 1090. The van der Waals surface area contributed by atoms with Crippen LogP contribution in [0.2, 0.25) is 5.02 Å². The molecule has 3 heterocycles. The predicted molar refractivity (Wildman–Crippen MR) is 108 cm³/mol. The molecule has 12 heteroatoms. The molecular formula is C19H17ClFN3O6S. The number of benzene rings is 1. The van der Waals surface area contributed by atoms with Gasteiger partial charge in [-0.15, -0.1) is 11.8 Å². The van der Waals surface area contributed by atoms with Crippen molar-refractivity contribution >= 4 is 41.1 Å². The lowest BCUT2D eigenvalue weighted by molar-refractivity contribution is -0.159. The molecule has 2 aliphatic rings. The van der Waals surface area contributed by atoms with Crippen LogP contribution in [0, 0.1) is 5.82 Å². The number of aromatic nitrogens is 1. The number of hydrogen-bond donors (Lipinski definition) is 3. The van der Waals surface area contributed by atoms with E-state index in [9.17, 15) is 29.0 Å². The lowest BCUT2D eigenvalue weighted by atomic mass is 9.95. The summed E-state index contributed by atoms with van der Waals surface area (Å²) in [7, 11) is 0. The van der Waals surface area contributed by atoms with Crippen molar-refractivity contribution in [2.24, 2.45) is 0 Å². The number of halogens is 2. The average molecular weight is 470 g/mol. The third-order valence-corrected chi connectivity index (χ3v) is 7.18. The van der Waals surface area contributed by atoms with Gasteiger partial charge in [-0.3, -0.25) is 9.59 Å². The number of nitrogens with one attached hydrogen (secondary N) is 1. The minimum absolute atomic E-state index is 0.0184. The second-order valence-electron chi connectivity index (χ2n) is 7.63. The molecule has 0 radical (unpaired) electrons. The van der Waals surface area contributed by atoms with Gasteiger partial charge in [-0.25, -0.2) is 9.18 Å². The number of amides is 2. The number of rotatable bonds is 5. The number of aliphatic hydroxyl groups is 1. The standard InChI is InChI=1S/C19H17ClFN3O6S/c1-19(2)14(18(28)29)24-16(27)13(17(24)31-19)22-15(26)11-9(6-25)30-23-12(11)10-7(20)4-3-5-8(10)21/h3-5,13-14,17,25H,6H2,1-2H3,(H,22,26)(H,28,29). The summed E-state index contributed by atoms with van der Waals surface area (Å²) in [5.41, 5.74) is -0.643. The van der Waals surface area contributed by atoms with Gasteiger partial charge in [-0.05, 0) is 26.0 Å². The molecular weight excluding hydrogens is 453 g/mol. The van der Waals surface area contributed by atoms with E-state index in [0.717, 1.165) is 6.07 Å². The van der Waals surface area contributed by atoms with Gasteiger partial charge in [0.2, 0.25) is 5.91 Å². The first-order chi connectivity index (χ1) is 14.6. The number of carboxylic acid groups (broad SMARTS) is 1. The highest BCUT2D eigenvalue weighted by molar-refractivity contribution is 8.01. The van der Waals surface area contributed by atoms with Crippen LogP contribution in [0.4, 0.5) is 4.39 Å². The summed E-state index contributed by atoms with van der Waals surface area (Å²) in [5.74, 6) is -3.47. The first kappa shape index (κ1) is 21.6. The van der Waals surface area contributed by atoms with E-state index in [-0.39, 0.29) is 27.6 Å². The third kappa shape index (κ3) is 3.27. The second-order valence-corrected chi connectivity index (χ2v) is 9.81. The lowest BCUT2D eigenvalue weighted by Crippen LogP contribution is -2.70. The fourth-order valence-electron chi connectivity index (χ4n) is 3.92. The molecule has 1 aromatic heterocycles. The first-order valence-electron chi connectivity index (χ1n) is 9.16. The van der Waals surface area contributed by atoms with Crippen LogP contribution in [0.1, 0.15) is 30.0 Å². The maximum absolute atomic E-state index is 14.4. The van der Waals surface area contributed by atoms with Crippen LogP contribution in [-0.2, 0) is 16.2 Å². The number of carbonyl (C=O) groups is 3. The van der Waals surface area contributed by atoms with Crippen molar-refractivity contribution in [1.82, 2.24) is 15.4 Å². The summed E-state index contributed by atoms with van der Waals surface area (Å²) in [6.45, 7) is 2.73. The molecule has 3 N–H and O–H groups in total. The van der Waals surface area contributed by atoms with E-state index in [4.69, 9.17) is 16.1 Å². The Morgan fingerprint density at radius 3 is 2.74 bits per heavy atom. The molecule has 164 valence electrons. The number of aliphatic hydroxyl groups excluding tert-OH is 1. The van der Waals surface area contributed by atoms with Gasteiger partial charge in [0, 0.05) is 4.75 Å². The van der Waals surface area contributed by atoms with Crippen molar-refractivity contribution < 1.29 is 33.5 Å². The highest BCUT2D eigenvalue weighted by Gasteiger charge is 2.64. The van der Waals surface area contributed by atoms with Crippen molar-refractivity contribution in [2.75, 3.05) is 0 Å². The second kappa shape index (κ2) is 7.50. The van der Waals surface area contributed by atoms with E-state index in [1.807, 2.05) is 0 Å². The van der Waals surface area contributed by atoms with Gasteiger partial charge in [0.05, 0.1) is 10.6 Å². The van der Waals surface area contributed by atoms with E-state index in [1.54, 1.807) is 13.8 Å². The van der Waals surface area contributed by atoms with E-state index < -0.39 is 52.4 Å². The van der Waals surface area contributed by atoms with Crippen LogP contribution in [0.5, 0.6) is 0 Å². The molecule has 2 fully saturated rings. The number of aliphatic carboxylic acids is 1. The number of carboxylic acids is 1. The molecule has 0 aliphatic carbocycles. The summed E-state index contributed by atoms with van der Waals surface area (Å²) in [4.78, 5) is 38.5. The number of carbonyl (C=O) groups excluding carboxylic acids is 2. The van der Waals surface area contributed by atoms with Gasteiger partial charge in [0.1, 0.15) is 41.1 Å². The zero-order valence-corrected chi connectivity index (χ0v) is 17.8. The smallest absolute Gasteiger partial charge is 0.327 e. The molecule has 9 nitrogen and oxygen atoms in total. The average Bonchev–Trinajstić information content (AvgIpc) is 3.22. The van der Waals surface area contributed by atoms with Crippen LogP contribution in [0.3, 0.4) is 0 Å². The number of hydrogen-bond acceptors (Lipinski definition) is 7. The molecule has 0 saturated carbocycles. The van der Waals surface area contributed by atoms with Crippen LogP contribution >= 0.6 is 23.4 Å². The third-order valence-electron chi connectivity index (χ3n) is 5.29. The zero-order valence-electron chi connectivity index (χ0n) is 16.3. The Morgan fingerprint density at radius 1 is 1.42 bits per heavy atom. The SMILES string of the molecule is CC1(C)SC2C(NC(=O)c3c(-c4c(F)cccc4Cl)noc3CO)C(=O)N2C1C(=O)O. The topological polar surface area (TPSA) is 133 Å². The molecule has 2 amide bonds. The van der Waals surface area contributed by atoms with Gasteiger partial charge in [-0.2, -0.15) is 0 Å². The molecule has 0 bridgehead atoms. The fourth-order valence-corrected chi connectivity index (χ4v) is 5.80. The molecule has 2 aliphatic heterocycles. The Labute approximate surface area is 184 Å². The monoisotopic (exact) mass is 469 g/mol. The molecule has 4 rings (SSSR count). The summed E-state index contributed by atoms with van der Waals surface area (Å²) >= 11 is 7.34. The Balaban J connectivity index is 1.65. The van der Waals surface area contributed by atoms with E-state index in [2.05, 4.69) is 10.5 Å². The molecule has 3 unspecified atom stereocenters. The molecule has 2 saturated heterocycles. The van der Waals surface area contributed by atoms with Crippen molar-refractivity contribution in [3.63, 3.8) is 0 Å². The lowest BCUT2D eigenvalue weighted by Gasteiger charge is -2.43. The summed E-state index contributed by atoms with van der Waals surface area (Å²) in [6.07, 6.45) is 0. The number of thioether (sulfide) groups is 1. The maximum atomic E-state index is 14.4. The highest BCUT2D eigenvalue weighted by atomic mass is 35.5. The number of fused-ring (bicyclic) bond motifs is 1. The van der Waals surface area contributed by atoms with Crippen LogP contribution < -0.4 is 5.32 Å². The molecule has 3 atom stereocenters. The molecule has 1 aromatic carbocycles. The number of β-lactam (4-membered cyclic amide) rings is 1. The van der Waals surface area contributed by atoms with E-state index >= 15 is 0 Å². The van der Waals surface area contributed by atoms with Crippen LogP contribution in [0.25, 0.3) is 11.3 Å². The van der Waals surface area contributed by atoms with E-state index in [1.165, 1.54) is 28.8 Å². The van der Waals surface area contributed by atoms with Gasteiger partial charge in [0.25, 0.3) is 5.91 Å². The zero-order chi connectivity index (χ0) is 22.7. The van der Waals surface area contributed by atoms with Gasteiger partial charge in [0.15, 0.2) is 5.76 Å². The van der Waals surface area contributed by atoms with Gasteiger partial charge < -0.3 is 25.0 Å². The quantitative estimate of drug-likeness (QED) is 0.565.